The Morgan fingerprint density at radius 1 is 0.609 bits per heavy atom. The second-order valence-corrected chi connectivity index (χ2v) is 15.0. The van der Waals surface area contributed by atoms with Gasteiger partial charge in [0.2, 0.25) is 0 Å². The van der Waals surface area contributed by atoms with Gasteiger partial charge >= 0.3 is 0 Å². The zero-order valence-corrected chi connectivity index (χ0v) is 29.3. The Bertz CT molecular complexity index is 1870. The summed E-state index contributed by atoms with van der Waals surface area (Å²) in [7, 11) is 0. The summed E-state index contributed by atoms with van der Waals surface area (Å²) in [6.07, 6.45) is 2.77. The Hall–Kier alpha value is -3.76. The van der Waals surface area contributed by atoms with Crippen LogP contribution in [-0.4, -0.2) is 0 Å². The summed E-state index contributed by atoms with van der Waals surface area (Å²) in [5.74, 6) is 0.287. The lowest BCUT2D eigenvalue weighted by molar-refractivity contribution is 0.413. The number of hydrogen-bond acceptors (Lipinski definition) is 3. The summed E-state index contributed by atoms with van der Waals surface area (Å²) < 4.78 is 0. The van der Waals surface area contributed by atoms with Crippen molar-refractivity contribution in [3.05, 3.63) is 152 Å². The van der Waals surface area contributed by atoms with Gasteiger partial charge in [0.1, 0.15) is 0 Å². The zero-order chi connectivity index (χ0) is 32.3. The Kier molecular flexibility index (Phi) is 9.47. The molecule has 1 unspecified atom stereocenters. The van der Waals surface area contributed by atoms with Crippen LogP contribution < -0.4 is 5.73 Å². The van der Waals surface area contributed by atoms with Crippen LogP contribution in [0.3, 0.4) is 0 Å². The first-order chi connectivity index (χ1) is 22.2. The molecule has 0 aliphatic carbocycles. The smallest absolute Gasteiger partial charge is 0.0410 e. The van der Waals surface area contributed by atoms with Gasteiger partial charge in [-0.3, -0.25) is 0 Å². The Labute approximate surface area is 283 Å². The molecule has 0 aliphatic rings. The fourth-order valence-corrected chi connectivity index (χ4v) is 8.38. The van der Waals surface area contributed by atoms with Crippen LogP contribution in [-0.2, 0) is 17.4 Å². The number of rotatable bonds is 10. The van der Waals surface area contributed by atoms with Crippen molar-refractivity contribution in [3.8, 4) is 33.4 Å². The summed E-state index contributed by atoms with van der Waals surface area (Å²) >= 11 is 3.57. The van der Waals surface area contributed by atoms with E-state index in [9.17, 15) is 0 Å². The van der Waals surface area contributed by atoms with Crippen molar-refractivity contribution in [1.29, 1.82) is 0 Å². The van der Waals surface area contributed by atoms with E-state index in [0.717, 1.165) is 19.3 Å². The first-order valence-corrected chi connectivity index (χ1v) is 18.4. The lowest BCUT2D eigenvalue weighted by Gasteiger charge is -2.31. The van der Waals surface area contributed by atoms with E-state index >= 15 is 0 Å². The van der Waals surface area contributed by atoms with Crippen molar-refractivity contribution in [2.24, 2.45) is 5.73 Å². The van der Waals surface area contributed by atoms with Crippen molar-refractivity contribution >= 4 is 22.7 Å². The van der Waals surface area contributed by atoms with Crippen molar-refractivity contribution in [1.82, 2.24) is 0 Å². The monoisotopic (exact) mass is 639 g/mol. The third-order valence-corrected chi connectivity index (χ3v) is 11.2. The molecule has 0 fully saturated rings. The fraction of sp³-hybridized carbons (Fsp3) is 0.256. The first kappa shape index (κ1) is 32.2. The highest BCUT2D eigenvalue weighted by atomic mass is 32.1. The molecule has 1 atom stereocenters. The van der Waals surface area contributed by atoms with Gasteiger partial charge in [0, 0.05) is 22.6 Å². The second-order valence-electron chi connectivity index (χ2n) is 13.5. The molecule has 2 heterocycles. The van der Waals surface area contributed by atoms with Crippen LogP contribution in [0.1, 0.15) is 81.2 Å². The molecule has 4 aromatic carbocycles. The standard InChI is InChI=1S/C43H45NS2/c1-6-43(44,7-2)41-23-22-34(42(3,4)5)25-36(41)40-29-46-27-38(40)33-20-18-32(19-21-33)37-26-45-28-39(37)35(31-16-12-9-13-17-31)24-30-14-10-8-11-15-30/h8-23,25-29,35H,6-7,24,44H2,1-5H3. The molecule has 0 radical (unpaired) electrons. The molecule has 0 bridgehead atoms. The average molecular weight is 640 g/mol. The van der Waals surface area contributed by atoms with E-state index in [0.29, 0.717) is 0 Å². The van der Waals surface area contributed by atoms with E-state index in [-0.39, 0.29) is 16.9 Å². The molecule has 6 rings (SSSR count). The molecule has 234 valence electrons. The molecule has 2 N–H and O–H groups in total. The van der Waals surface area contributed by atoms with E-state index in [4.69, 9.17) is 5.73 Å². The van der Waals surface area contributed by atoms with Gasteiger partial charge in [0.25, 0.3) is 0 Å². The van der Waals surface area contributed by atoms with Crippen molar-refractivity contribution in [2.75, 3.05) is 0 Å². The Morgan fingerprint density at radius 2 is 1.17 bits per heavy atom. The van der Waals surface area contributed by atoms with Crippen molar-refractivity contribution in [2.45, 2.75) is 70.8 Å². The van der Waals surface area contributed by atoms with E-state index in [2.05, 4.69) is 159 Å². The number of benzene rings is 4. The average Bonchev–Trinajstić information content (AvgIpc) is 3.78. The van der Waals surface area contributed by atoms with Gasteiger partial charge in [-0.25, -0.2) is 0 Å². The largest absolute Gasteiger partial charge is 0.321 e. The normalized spacial score (nSPS) is 12.7. The van der Waals surface area contributed by atoms with Crippen LogP contribution in [0.2, 0.25) is 0 Å². The highest BCUT2D eigenvalue weighted by molar-refractivity contribution is 7.09. The minimum Gasteiger partial charge on any atom is -0.321 e. The SMILES string of the molecule is CCC(N)(CC)c1ccc(C(C)(C)C)cc1-c1cscc1-c1ccc(-c2cscc2C(Cc2ccccc2)c2ccccc2)cc1. The fourth-order valence-electron chi connectivity index (χ4n) is 6.61. The number of hydrogen-bond donors (Lipinski definition) is 1. The third kappa shape index (κ3) is 6.55. The van der Waals surface area contributed by atoms with Gasteiger partial charge < -0.3 is 5.73 Å². The summed E-state index contributed by atoms with van der Waals surface area (Å²) in [6, 6.07) is 38.0. The molecule has 0 saturated heterocycles. The highest BCUT2D eigenvalue weighted by Gasteiger charge is 2.29. The quantitative estimate of drug-likeness (QED) is 0.159. The third-order valence-electron chi connectivity index (χ3n) is 9.69. The van der Waals surface area contributed by atoms with E-state index in [1.807, 2.05) is 0 Å². The van der Waals surface area contributed by atoms with Crippen LogP contribution in [0.5, 0.6) is 0 Å². The zero-order valence-electron chi connectivity index (χ0n) is 27.7. The first-order valence-electron chi connectivity index (χ1n) is 16.5. The summed E-state index contributed by atoms with van der Waals surface area (Å²) in [5.41, 5.74) is 21.1. The molecular formula is C43H45NS2. The van der Waals surface area contributed by atoms with Crippen LogP contribution in [0.4, 0.5) is 0 Å². The molecule has 6 aromatic rings. The van der Waals surface area contributed by atoms with Crippen LogP contribution in [0, 0.1) is 0 Å². The molecule has 0 amide bonds. The van der Waals surface area contributed by atoms with E-state index in [1.54, 1.807) is 22.7 Å². The lowest BCUT2D eigenvalue weighted by atomic mass is 9.77. The van der Waals surface area contributed by atoms with Gasteiger partial charge in [-0.2, -0.15) is 22.7 Å². The maximum absolute atomic E-state index is 7.08. The molecule has 46 heavy (non-hydrogen) atoms. The topological polar surface area (TPSA) is 26.0 Å². The molecule has 3 heteroatoms. The predicted octanol–water partition coefficient (Wildman–Crippen LogP) is 12.5. The Morgan fingerprint density at radius 3 is 1.80 bits per heavy atom. The molecule has 1 nitrogen and oxygen atoms in total. The summed E-state index contributed by atoms with van der Waals surface area (Å²) in [6.45, 7) is 11.3. The van der Waals surface area contributed by atoms with Crippen LogP contribution >= 0.6 is 22.7 Å². The van der Waals surface area contributed by atoms with E-state index < -0.39 is 0 Å². The predicted molar refractivity (Wildman–Crippen MR) is 202 cm³/mol. The van der Waals surface area contributed by atoms with Crippen molar-refractivity contribution in [3.63, 3.8) is 0 Å². The minimum absolute atomic E-state index is 0.0527. The number of nitrogens with two attached hydrogens (primary N) is 1. The lowest BCUT2D eigenvalue weighted by Crippen LogP contribution is -2.35. The van der Waals surface area contributed by atoms with Gasteiger partial charge in [0.05, 0.1) is 0 Å². The van der Waals surface area contributed by atoms with Gasteiger partial charge in [-0.15, -0.1) is 0 Å². The van der Waals surface area contributed by atoms with E-state index in [1.165, 1.54) is 61.2 Å². The second kappa shape index (κ2) is 13.5. The van der Waals surface area contributed by atoms with Gasteiger partial charge in [-0.05, 0) is 96.3 Å². The van der Waals surface area contributed by atoms with Crippen molar-refractivity contribution < 1.29 is 0 Å². The van der Waals surface area contributed by atoms with Gasteiger partial charge in [-0.1, -0.05) is 138 Å². The number of thiophene rings is 2. The molecule has 0 aliphatic heterocycles. The minimum atomic E-state index is -0.362. The van der Waals surface area contributed by atoms with Crippen LogP contribution in [0.15, 0.2) is 125 Å². The molecule has 0 saturated carbocycles. The van der Waals surface area contributed by atoms with Crippen LogP contribution in [0.25, 0.3) is 33.4 Å². The van der Waals surface area contributed by atoms with Gasteiger partial charge in [0.15, 0.2) is 0 Å². The highest BCUT2D eigenvalue weighted by Crippen LogP contribution is 2.44. The molecule has 0 spiro atoms. The maximum Gasteiger partial charge on any atom is 0.0410 e. The molecule has 2 aromatic heterocycles. The summed E-state index contributed by atoms with van der Waals surface area (Å²) in [4.78, 5) is 0. The Balaban J connectivity index is 1.38. The molecular weight excluding hydrogens is 595 g/mol. The summed E-state index contributed by atoms with van der Waals surface area (Å²) in [5, 5.41) is 9.29. The maximum atomic E-state index is 7.08.